The van der Waals surface area contributed by atoms with E-state index in [-0.39, 0.29) is 28.9 Å². The minimum absolute atomic E-state index is 0.0550. The minimum Gasteiger partial charge on any atom is -0.465 e. The highest BCUT2D eigenvalue weighted by molar-refractivity contribution is 6.35. The number of carboxylic acid groups (broad SMARTS) is 1. The van der Waals surface area contributed by atoms with E-state index in [1.54, 1.807) is 20.2 Å². The molecule has 1 amide bonds. The van der Waals surface area contributed by atoms with Gasteiger partial charge in [0.2, 0.25) is 11.9 Å². The van der Waals surface area contributed by atoms with E-state index >= 15 is 0 Å². The highest BCUT2D eigenvalue weighted by Gasteiger charge is 2.28. The summed E-state index contributed by atoms with van der Waals surface area (Å²) in [4.78, 5) is 60.3. The highest BCUT2D eigenvalue weighted by atomic mass is 35.5. The largest absolute Gasteiger partial charge is 0.465 e. The molecule has 14 nitrogen and oxygen atoms in total. The lowest BCUT2D eigenvalue weighted by Crippen LogP contribution is -2.42. The Hall–Kier alpha value is -5.89. The van der Waals surface area contributed by atoms with Gasteiger partial charge in [-0.05, 0) is 41.8 Å². The molecule has 1 atom stereocenters. The number of amides is 1. The van der Waals surface area contributed by atoms with E-state index in [0.717, 1.165) is 26.7 Å². The number of nitrogens with zero attached hydrogens (tertiary/aromatic N) is 7. The molecule has 15 heteroatoms. The summed E-state index contributed by atoms with van der Waals surface area (Å²) in [6.07, 6.45) is 0.166. The predicted octanol–water partition coefficient (Wildman–Crippen LogP) is 4.34. The van der Waals surface area contributed by atoms with Gasteiger partial charge < -0.3 is 25.0 Å². The Labute approximate surface area is 258 Å². The molecule has 0 aliphatic rings. The number of hydrogen-bond donors (Lipinski definition) is 4. The van der Waals surface area contributed by atoms with Crippen LogP contribution in [0.4, 0.5) is 22.5 Å². The van der Waals surface area contributed by atoms with E-state index in [1.807, 2.05) is 48.5 Å². The monoisotopic (exact) mass is 624 g/mol. The van der Waals surface area contributed by atoms with Crippen LogP contribution in [0, 0.1) is 0 Å². The Balaban J connectivity index is 1.43. The number of para-hydroxylation sites is 1. The molecule has 2 aromatic carbocycles. The summed E-state index contributed by atoms with van der Waals surface area (Å²) in [5, 5.41) is 14.5. The fourth-order valence-electron chi connectivity index (χ4n) is 5.51. The molecule has 45 heavy (non-hydrogen) atoms. The number of halogens is 1. The van der Waals surface area contributed by atoms with Crippen molar-refractivity contribution in [3.8, 4) is 0 Å². The van der Waals surface area contributed by atoms with E-state index in [4.69, 9.17) is 11.6 Å². The molecule has 7 aromatic rings. The van der Waals surface area contributed by atoms with Crippen LogP contribution < -0.4 is 21.5 Å². The van der Waals surface area contributed by atoms with Crippen molar-refractivity contribution in [2.75, 3.05) is 17.3 Å². The van der Waals surface area contributed by atoms with Crippen LogP contribution in [0.3, 0.4) is 0 Å². The third kappa shape index (κ3) is 4.50. The molecular weight excluding hydrogens is 600 g/mol. The number of carbonyl (C=O) groups is 1. The molecule has 0 radical (unpaired) electrons. The Morgan fingerprint density at radius 1 is 0.978 bits per heavy atom. The molecule has 0 bridgehead atoms. The number of hydrogen-bond acceptors (Lipinski definition) is 7. The number of imidazole rings is 1. The molecule has 0 fully saturated rings. The Bertz CT molecular complexity index is 2380. The minimum atomic E-state index is -1.23. The van der Waals surface area contributed by atoms with Gasteiger partial charge in [0.15, 0.2) is 11.2 Å². The summed E-state index contributed by atoms with van der Waals surface area (Å²) < 4.78 is 4.04. The topological polar surface area (TPSA) is 172 Å². The zero-order chi connectivity index (χ0) is 31.6. The second kappa shape index (κ2) is 10.4. The van der Waals surface area contributed by atoms with Gasteiger partial charge in [0.05, 0.1) is 0 Å². The van der Waals surface area contributed by atoms with Crippen molar-refractivity contribution >= 4 is 68.4 Å². The Kier molecular flexibility index (Phi) is 6.44. The molecule has 5 heterocycles. The van der Waals surface area contributed by atoms with Gasteiger partial charge in [-0.15, -0.1) is 0 Å². The third-order valence-electron chi connectivity index (χ3n) is 7.81. The van der Waals surface area contributed by atoms with Crippen molar-refractivity contribution in [3.63, 3.8) is 0 Å². The van der Waals surface area contributed by atoms with Crippen molar-refractivity contribution < 1.29 is 9.90 Å². The summed E-state index contributed by atoms with van der Waals surface area (Å²) >= 11 is 6.51. The first-order chi connectivity index (χ1) is 21.6. The zero-order valence-corrected chi connectivity index (χ0v) is 24.9. The van der Waals surface area contributed by atoms with Gasteiger partial charge in [-0.2, -0.15) is 9.97 Å². The van der Waals surface area contributed by atoms with Gasteiger partial charge >= 0.3 is 11.8 Å². The van der Waals surface area contributed by atoms with Gasteiger partial charge in [-0.3, -0.25) is 9.36 Å². The summed E-state index contributed by atoms with van der Waals surface area (Å²) in [5.74, 6) is 0.389. The molecule has 226 valence electrons. The lowest BCUT2D eigenvalue weighted by atomic mass is 10.1. The van der Waals surface area contributed by atoms with Crippen molar-refractivity contribution in [2.24, 2.45) is 14.1 Å². The quantitative estimate of drug-likeness (QED) is 0.212. The molecule has 0 saturated heterocycles. The van der Waals surface area contributed by atoms with E-state index in [2.05, 4.69) is 30.2 Å². The van der Waals surface area contributed by atoms with Crippen LogP contribution >= 0.6 is 11.6 Å². The first kappa shape index (κ1) is 27.9. The average Bonchev–Trinajstić information content (AvgIpc) is 3.74. The highest BCUT2D eigenvalue weighted by Crippen LogP contribution is 2.32. The number of benzene rings is 2. The molecule has 5 aromatic heterocycles. The van der Waals surface area contributed by atoms with Gasteiger partial charge in [0.25, 0.3) is 5.56 Å². The maximum Gasteiger partial charge on any atom is 0.413 e. The van der Waals surface area contributed by atoms with E-state index in [1.165, 1.54) is 33.0 Å². The molecular formula is C30H25ClN10O4. The van der Waals surface area contributed by atoms with Crippen LogP contribution in [-0.4, -0.2) is 56.9 Å². The molecule has 7 rings (SSSR count). The molecule has 1 unspecified atom stereocenters. The second-order valence-electron chi connectivity index (χ2n) is 10.5. The molecule has 4 N–H and O–H groups in total. The number of aryl methyl sites for hydroxylation is 2. The lowest BCUT2D eigenvalue weighted by molar-refractivity contribution is 0.203. The van der Waals surface area contributed by atoms with Crippen molar-refractivity contribution in [1.29, 1.82) is 0 Å². The van der Waals surface area contributed by atoms with Crippen molar-refractivity contribution in [1.82, 2.24) is 38.6 Å². The first-order valence-electron chi connectivity index (χ1n) is 13.7. The number of fused-ring (bicyclic) bond motifs is 3. The van der Waals surface area contributed by atoms with Gasteiger partial charge in [0.1, 0.15) is 11.9 Å². The number of nitrogens with one attached hydrogen (secondary N) is 3. The molecule has 0 spiro atoms. The number of anilines is 3. The second-order valence-corrected chi connectivity index (χ2v) is 10.9. The Morgan fingerprint density at radius 3 is 2.47 bits per heavy atom. The van der Waals surface area contributed by atoms with E-state index < -0.39 is 23.4 Å². The van der Waals surface area contributed by atoms with E-state index in [0.29, 0.717) is 16.4 Å². The summed E-state index contributed by atoms with van der Waals surface area (Å²) in [6.45, 7) is 0. The van der Waals surface area contributed by atoms with Crippen LogP contribution in [0.25, 0.3) is 33.0 Å². The van der Waals surface area contributed by atoms with Gasteiger partial charge in [0, 0.05) is 60.2 Å². The summed E-state index contributed by atoms with van der Waals surface area (Å²) in [7, 11) is 4.51. The predicted molar refractivity (Wildman–Crippen MR) is 171 cm³/mol. The fourth-order valence-corrected chi connectivity index (χ4v) is 5.73. The SMILES string of the molecule is CN(C(=O)O)c1nccc(Nc2nc3c(c(=O)n(C(c4cc5ccccc5[nH]4)c4cc5c(Cl)cccc5[nH]4)c(=O)n3C)n2C)n1. The van der Waals surface area contributed by atoms with E-state index in [9.17, 15) is 19.5 Å². The van der Waals surface area contributed by atoms with Crippen LogP contribution in [0.2, 0.25) is 5.02 Å². The smallest absolute Gasteiger partial charge is 0.413 e. The normalized spacial score (nSPS) is 12.3. The fraction of sp³-hybridized carbons (Fsp3) is 0.133. The molecule has 0 aliphatic heterocycles. The number of aromatic nitrogens is 8. The maximum absolute atomic E-state index is 14.4. The average molecular weight is 625 g/mol. The first-order valence-corrected chi connectivity index (χ1v) is 14.1. The molecule has 0 saturated carbocycles. The Morgan fingerprint density at radius 2 is 1.71 bits per heavy atom. The van der Waals surface area contributed by atoms with Crippen LogP contribution in [0.1, 0.15) is 17.4 Å². The van der Waals surface area contributed by atoms with Crippen LogP contribution in [0.5, 0.6) is 0 Å². The maximum atomic E-state index is 14.4. The summed E-state index contributed by atoms with van der Waals surface area (Å²) in [6, 6.07) is 17.6. The summed E-state index contributed by atoms with van der Waals surface area (Å²) in [5.41, 5.74) is 1.96. The number of rotatable bonds is 6. The standard InChI is InChI=1S/C30H25ClN10O4/c1-38-24-25(37-28(38)36-22-11-12-32-27(35-22)40(3)30(44)45)39(2)29(43)41(26(24)42)23(20-13-15-7-4-5-9-18(15)33-20)21-14-16-17(31)8-6-10-19(16)34-21/h4-14,23,33-34H,1-3H3,(H,44,45)(H,32,35,36,37). The van der Waals surface area contributed by atoms with Gasteiger partial charge in [-0.25, -0.2) is 24.0 Å². The molecule has 0 aliphatic carbocycles. The lowest BCUT2D eigenvalue weighted by Gasteiger charge is -2.18. The van der Waals surface area contributed by atoms with Crippen LogP contribution in [-0.2, 0) is 14.1 Å². The van der Waals surface area contributed by atoms with Gasteiger partial charge in [-0.1, -0.05) is 35.9 Å². The number of aromatic amines is 2. The van der Waals surface area contributed by atoms with Crippen molar-refractivity contribution in [3.05, 3.63) is 104 Å². The zero-order valence-electron chi connectivity index (χ0n) is 24.1. The van der Waals surface area contributed by atoms with Crippen LogP contribution in [0.15, 0.2) is 76.4 Å². The number of H-pyrrole nitrogens is 2. The third-order valence-corrected chi connectivity index (χ3v) is 8.14. The van der Waals surface area contributed by atoms with Crippen molar-refractivity contribution in [2.45, 2.75) is 6.04 Å².